The van der Waals surface area contributed by atoms with Crippen LogP contribution in [0.15, 0.2) is 42.5 Å². The van der Waals surface area contributed by atoms with Crippen LogP contribution < -0.4 is 15.5 Å². The lowest BCUT2D eigenvalue weighted by molar-refractivity contribution is -0.140. The number of alkyl halides is 3. The number of amides is 2. The van der Waals surface area contributed by atoms with Crippen LogP contribution in [0.25, 0.3) is 0 Å². The Balaban J connectivity index is 1.81. The van der Waals surface area contributed by atoms with Crippen molar-refractivity contribution in [2.24, 2.45) is 5.92 Å². The van der Waals surface area contributed by atoms with E-state index in [9.17, 15) is 27.2 Å². The minimum atomic E-state index is -4.95. The van der Waals surface area contributed by atoms with E-state index in [-0.39, 0.29) is 18.0 Å². The van der Waals surface area contributed by atoms with Crippen molar-refractivity contribution in [3.05, 3.63) is 59.4 Å². The summed E-state index contributed by atoms with van der Waals surface area (Å²) in [5, 5.41) is 3.98. The predicted octanol–water partition coefficient (Wildman–Crippen LogP) is 5.80. The van der Waals surface area contributed by atoms with E-state index in [1.54, 1.807) is 38.3 Å². The van der Waals surface area contributed by atoms with E-state index in [2.05, 4.69) is 10.7 Å². The van der Waals surface area contributed by atoms with E-state index in [4.69, 9.17) is 4.74 Å². The molecule has 1 unspecified atom stereocenters. The first-order chi connectivity index (χ1) is 17.1. The molecule has 2 amide bonds. The fourth-order valence-electron chi connectivity index (χ4n) is 4.40. The van der Waals surface area contributed by atoms with Gasteiger partial charge in [-0.2, -0.15) is 13.2 Å². The molecular weight excluding hydrogens is 478 g/mol. The monoisotopic (exact) mass is 509 g/mol. The number of hydrogen-bond donors (Lipinski definition) is 2. The number of likely N-dealkylation sites (N-methyl/N-ethyl adjacent to an activating group) is 1. The zero-order valence-corrected chi connectivity index (χ0v) is 20.3. The molecular formula is C26H31F4N3O3. The van der Waals surface area contributed by atoms with Crippen LogP contribution in [0.1, 0.15) is 61.4 Å². The number of carbonyl (C=O) groups is 2. The number of halogens is 4. The maximum atomic E-state index is 13.7. The lowest BCUT2D eigenvalue weighted by Crippen LogP contribution is -2.51. The Kier molecular flexibility index (Phi) is 9.17. The van der Waals surface area contributed by atoms with Gasteiger partial charge >= 0.3 is 6.18 Å². The molecule has 0 bridgehead atoms. The Morgan fingerprint density at radius 1 is 1.08 bits per heavy atom. The highest BCUT2D eigenvalue weighted by Gasteiger charge is 2.35. The third-order valence-electron chi connectivity index (χ3n) is 6.37. The van der Waals surface area contributed by atoms with Crippen molar-refractivity contribution in [3.8, 4) is 5.75 Å². The summed E-state index contributed by atoms with van der Waals surface area (Å²) in [5.74, 6) is -1.89. The Hall–Kier alpha value is -3.30. The predicted molar refractivity (Wildman–Crippen MR) is 128 cm³/mol. The second kappa shape index (κ2) is 12.1. The Morgan fingerprint density at radius 3 is 2.33 bits per heavy atom. The van der Waals surface area contributed by atoms with Gasteiger partial charge in [0.25, 0.3) is 11.8 Å². The maximum Gasteiger partial charge on any atom is 0.419 e. The first kappa shape index (κ1) is 27.3. The molecule has 0 heterocycles. The molecule has 3 rings (SSSR count). The quantitative estimate of drug-likeness (QED) is 0.331. The number of hydrogen-bond acceptors (Lipinski definition) is 4. The van der Waals surface area contributed by atoms with E-state index in [1.165, 1.54) is 5.01 Å². The second-order valence-corrected chi connectivity index (χ2v) is 8.88. The summed E-state index contributed by atoms with van der Waals surface area (Å²) >= 11 is 0. The zero-order chi connectivity index (χ0) is 26.3. The molecule has 1 aliphatic rings. The fourth-order valence-corrected chi connectivity index (χ4v) is 4.40. The molecule has 36 heavy (non-hydrogen) atoms. The fraction of sp³-hybridized carbons (Fsp3) is 0.462. The number of nitrogens with zero attached hydrogens (tertiary/aromatic N) is 1. The van der Waals surface area contributed by atoms with Crippen LogP contribution in [0, 0.1) is 11.7 Å². The molecule has 0 saturated heterocycles. The van der Waals surface area contributed by atoms with Crippen molar-refractivity contribution >= 4 is 17.5 Å². The molecule has 196 valence electrons. The van der Waals surface area contributed by atoms with E-state index in [0.29, 0.717) is 30.0 Å². The van der Waals surface area contributed by atoms with Crippen molar-refractivity contribution in [3.63, 3.8) is 0 Å². The van der Waals surface area contributed by atoms with Gasteiger partial charge in [-0.25, -0.2) is 4.39 Å². The van der Waals surface area contributed by atoms with Gasteiger partial charge in [-0.3, -0.25) is 20.0 Å². The molecule has 2 N–H and O–H groups in total. The van der Waals surface area contributed by atoms with Crippen LogP contribution in [-0.4, -0.2) is 36.5 Å². The summed E-state index contributed by atoms with van der Waals surface area (Å²) in [6.45, 7) is 2.04. The second-order valence-electron chi connectivity index (χ2n) is 8.88. The molecule has 6 nitrogen and oxygen atoms in total. The number of nitrogens with one attached hydrogen (secondary N) is 2. The normalized spacial score (nSPS) is 15.2. The third-order valence-corrected chi connectivity index (χ3v) is 6.37. The number of hydrazine groups is 1. The lowest BCUT2D eigenvalue weighted by atomic mass is 9.84. The highest BCUT2D eigenvalue weighted by atomic mass is 19.4. The minimum absolute atomic E-state index is 0.201. The van der Waals surface area contributed by atoms with Gasteiger partial charge in [-0.1, -0.05) is 32.1 Å². The van der Waals surface area contributed by atoms with Gasteiger partial charge in [0, 0.05) is 12.1 Å². The summed E-state index contributed by atoms with van der Waals surface area (Å²) in [5.41, 5.74) is 1.76. The largest absolute Gasteiger partial charge is 0.497 e. The Bertz CT molecular complexity index is 1040. The van der Waals surface area contributed by atoms with Gasteiger partial charge in [0.15, 0.2) is 0 Å². The highest BCUT2D eigenvalue weighted by Crippen LogP contribution is 2.32. The average molecular weight is 510 g/mol. The van der Waals surface area contributed by atoms with Gasteiger partial charge in [0.1, 0.15) is 17.6 Å². The topological polar surface area (TPSA) is 70.7 Å². The average Bonchev–Trinajstić information content (AvgIpc) is 2.87. The Morgan fingerprint density at radius 2 is 1.75 bits per heavy atom. The molecule has 1 aliphatic carbocycles. The summed E-state index contributed by atoms with van der Waals surface area (Å²) in [4.78, 5) is 26.4. The van der Waals surface area contributed by atoms with Crippen LogP contribution >= 0.6 is 0 Å². The van der Waals surface area contributed by atoms with E-state index in [1.807, 2.05) is 0 Å². The van der Waals surface area contributed by atoms with Crippen molar-refractivity contribution in [2.45, 2.75) is 57.7 Å². The SMILES string of the molecule is CCN(Nc1ccc(OC)cc1)C(=O)C(CC1CCCCC1)NC(=O)c1ccc(F)c(C(F)(F)F)c1. The third kappa shape index (κ3) is 7.11. The van der Waals surface area contributed by atoms with Gasteiger partial charge in [-0.05, 0) is 61.7 Å². The van der Waals surface area contributed by atoms with Crippen molar-refractivity contribution < 1.29 is 31.9 Å². The number of benzene rings is 2. The van der Waals surface area contributed by atoms with E-state index < -0.39 is 35.4 Å². The number of carbonyl (C=O) groups excluding carboxylic acids is 2. The lowest BCUT2D eigenvalue weighted by Gasteiger charge is -2.31. The number of anilines is 1. The minimum Gasteiger partial charge on any atom is -0.497 e. The van der Waals surface area contributed by atoms with Crippen LogP contribution in [0.5, 0.6) is 5.75 Å². The maximum absolute atomic E-state index is 13.7. The van der Waals surface area contributed by atoms with Crippen molar-refractivity contribution in [1.82, 2.24) is 10.3 Å². The van der Waals surface area contributed by atoms with Crippen LogP contribution in [0.3, 0.4) is 0 Å². The number of ether oxygens (including phenoxy) is 1. The molecule has 0 aliphatic heterocycles. The molecule has 0 radical (unpaired) electrons. The summed E-state index contributed by atoms with van der Waals surface area (Å²) in [6, 6.07) is 8.03. The first-order valence-corrected chi connectivity index (χ1v) is 12.0. The smallest absolute Gasteiger partial charge is 0.419 e. The number of methoxy groups -OCH3 is 1. The highest BCUT2D eigenvalue weighted by molar-refractivity contribution is 5.97. The van der Waals surface area contributed by atoms with Crippen molar-refractivity contribution in [1.29, 1.82) is 0 Å². The van der Waals surface area contributed by atoms with E-state index in [0.717, 1.165) is 38.2 Å². The molecule has 2 aromatic rings. The molecule has 1 fully saturated rings. The van der Waals surface area contributed by atoms with Gasteiger partial charge in [0.2, 0.25) is 0 Å². The van der Waals surface area contributed by atoms with Crippen LogP contribution in [0.2, 0.25) is 0 Å². The molecule has 2 aromatic carbocycles. The molecule has 0 spiro atoms. The zero-order valence-electron chi connectivity index (χ0n) is 20.3. The van der Waals surface area contributed by atoms with E-state index >= 15 is 0 Å². The van der Waals surface area contributed by atoms with Crippen LogP contribution in [0.4, 0.5) is 23.2 Å². The summed E-state index contributed by atoms with van der Waals surface area (Å²) in [7, 11) is 1.54. The molecule has 0 aromatic heterocycles. The van der Waals surface area contributed by atoms with Crippen LogP contribution in [-0.2, 0) is 11.0 Å². The standard InChI is InChI=1S/C26H31F4N3O3/c1-3-33(32-19-10-12-20(36-2)13-11-19)25(35)23(15-17-7-5-4-6-8-17)31-24(34)18-9-14-22(27)21(16-18)26(28,29)30/h9-14,16-17,23,32H,3-8,15H2,1-2H3,(H,31,34). The Labute approximate surface area is 208 Å². The van der Waals surface area contributed by atoms with Gasteiger partial charge in [-0.15, -0.1) is 0 Å². The first-order valence-electron chi connectivity index (χ1n) is 12.0. The number of rotatable bonds is 9. The van der Waals surface area contributed by atoms with Gasteiger partial charge < -0.3 is 10.1 Å². The van der Waals surface area contributed by atoms with Gasteiger partial charge in [0.05, 0.1) is 18.4 Å². The summed E-state index contributed by atoms with van der Waals surface area (Å²) < 4.78 is 58.3. The molecule has 1 atom stereocenters. The molecule has 10 heteroatoms. The van der Waals surface area contributed by atoms with Crippen molar-refractivity contribution in [2.75, 3.05) is 19.1 Å². The summed E-state index contributed by atoms with van der Waals surface area (Å²) in [6.07, 6.45) is 0.385. The molecule has 1 saturated carbocycles.